The van der Waals surface area contributed by atoms with Crippen LogP contribution in [0, 0.1) is 0 Å². The number of aromatic carboxylic acids is 1. The van der Waals surface area contributed by atoms with E-state index >= 15 is 0 Å². The predicted molar refractivity (Wildman–Crippen MR) is 63.5 cm³/mol. The fourth-order valence-electron chi connectivity index (χ4n) is 1.24. The Morgan fingerprint density at radius 1 is 1.65 bits per heavy atom. The fourth-order valence-corrected chi connectivity index (χ4v) is 1.90. The van der Waals surface area contributed by atoms with Crippen LogP contribution in [0.4, 0.5) is 0 Å². The summed E-state index contributed by atoms with van der Waals surface area (Å²) in [5, 5.41) is 13.7. The van der Waals surface area contributed by atoms with Crippen LogP contribution in [0.15, 0.2) is 5.38 Å². The molecule has 1 aromatic heterocycles. The molecule has 1 unspecified atom stereocenters. The molecule has 0 saturated carbocycles. The van der Waals surface area contributed by atoms with Gasteiger partial charge in [0.05, 0.1) is 18.4 Å². The minimum Gasteiger partial charge on any atom is -0.476 e. The van der Waals surface area contributed by atoms with Crippen molar-refractivity contribution in [1.82, 2.24) is 10.3 Å². The molecule has 96 valence electrons. The maximum absolute atomic E-state index is 10.6. The third-order valence-electron chi connectivity index (χ3n) is 2.10. The molecule has 0 amide bonds. The second-order valence-electron chi connectivity index (χ2n) is 3.39. The summed E-state index contributed by atoms with van der Waals surface area (Å²) < 4.78 is 10.1. The van der Waals surface area contributed by atoms with Crippen LogP contribution in [0.1, 0.15) is 15.5 Å². The lowest BCUT2D eigenvalue weighted by Gasteiger charge is -2.14. The van der Waals surface area contributed by atoms with E-state index in [1.165, 1.54) is 0 Å². The van der Waals surface area contributed by atoms with Crippen LogP contribution < -0.4 is 5.32 Å². The van der Waals surface area contributed by atoms with Gasteiger partial charge in [0.2, 0.25) is 5.01 Å². The SMILES string of the molecule is COCC(CNCc1csc(C(=O)O)n1)OC. The van der Waals surface area contributed by atoms with Crippen LogP contribution in [-0.4, -0.2) is 49.5 Å². The van der Waals surface area contributed by atoms with Crippen LogP contribution in [0.5, 0.6) is 0 Å². The lowest BCUT2D eigenvalue weighted by atomic mass is 10.3. The topological polar surface area (TPSA) is 80.7 Å². The molecular weight excluding hydrogens is 244 g/mol. The molecule has 0 radical (unpaired) electrons. The minimum absolute atomic E-state index is 0.0161. The van der Waals surface area contributed by atoms with Crippen LogP contribution in [-0.2, 0) is 16.0 Å². The molecule has 0 fully saturated rings. The van der Waals surface area contributed by atoms with E-state index in [0.29, 0.717) is 19.7 Å². The van der Waals surface area contributed by atoms with Gasteiger partial charge in [-0.1, -0.05) is 0 Å². The Hall–Kier alpha value is -1.02. The van der Waals surface area contributed by atoms with Crippen molar-refractivity contribution in [2.24, 2.45) is 0 Å². The average Bonchev–Trinajstić information content (AvgIpc) is 2.77. The number of carboxylic acid groups (broad SMARTS) is 1. The number of methoxy groups -OCH3 is 2. The van der Waals surface area contributed by atoms with Gasteiger partial charge in [-0.15, -0.1) is 11.3 Å². The Balaban J connectivity index is 2.32. The van der Waals surface area contributed by atoms with Crippen LogP contribution in [0.25, 0.3) is 0 Å². The van der Waals surface area contributed by atoms with Gasteiger partial charge in [-0.25, -0.2) is 9.78 Å². The summed E-state index contributed by atoms with van der Waals surface area (Å²) in [7, 11) is 3.24. The van der Waals surface area contributed by atoms with Gasteiger partial charge >= 0.3 is 5.97 Å². The van der Waals surface area contributed by atoms with Gasteiger partial charge in [-0.3, -0.25) is 0 Å². The standard InChI is InChI=1S/C10H16N2O4S/c1-15-5-8(16-2)4-11-3-7-6-17-9(12-7)10(13)14/h6,8,11H,3-5H2,1-2H3,(H,13,14). The lowest BCUT2D eigenvalue weighted by Crippen LogP contribution is -2.31. The molecule has 7 heteroatoms. The highest BCUT2D eigenvalue weighted by molar-refractivity contribution is 7.11. The van der Waals surface area contributed by atoms with Gasteiger partial charge in [0.25, 0.3) is 0 Å². The molecule has 1 atom stereocenters. The quantitative estimate of drug-likeness (QED) is 0.712. The zero-order valence-corrected chi connectivity index (χ0v) is 10.6. The lowest BCUT2D eigenvalue weighted by molar-refractivity contribution is 0.0287. The molecule has 0 bridgehead atoms. The molecule has 0 spiro atoms. The predicted octanol–water partition coefficient (Wildman–Crippen LogP) is 0.592. The summed E-state index contributed by atoms with van der Waals surface area (Å²) in [5.74, 6) is -0.990. The number of hydrogen-bond acceptors (Lipinski definition) is 6. The number of nitrogens with zero attached hydrogens (tertiary/aromatic N) is 1. The highest BCUT2D eigenvalue weighted by atomic mass is 32.1. The first-order valence-electron chi connectivity index (χ1n) is 5.07. The van der Waals surface area contributed by atoms with Gasteiger partial charge in [0.1, 0.15) is 0 Å². The summed E-state index contributed by atoms with van der Waals surface area (Å²) in [6.45, 7) is 1.67. The number of hydrogen-bond donors (Lipinski definition) is 2. The van der Waals surface area contributed by atoms with E-state index < -0.39 is 5.97 Å². The maximum atomic E-state index is 10.6. The number of nitrogens with one attached hydrogen (secondary N) is 1. The molecule has 6 nitrogen and oxygen atoms in total. The van der Waals surface area contributed by atoms with Crippen LogP contribution in [0.3, 0.4) is 0 Å². The Morgan fingerprint density at radius 2 is 2.41 bits per heavy atom. The van der Waals surface area contributed by atoms with Crippen molar-refractivity contribution in [3.05, 3.63) is 16.1 Å². The monoisotopic (exact) mass is 260 g/mol. The Labute approximate surface area is 104 Å². The molecule has 1 aromatic rings. The molecule has 0 aliphatic rings. The average molecular weight is 260 g/mol. The molecule has 0 saturated heterocycles. The number of thiazole rings is 1. The summed E-state index contributed by atoms with van der Waals surface area (Å²) in [4.78, 5) is 14.6. The zero-order chi connectivity index (χ0) is 12.7. The van der Waals surface area contributed by atoms with Gasteiger partial charge in [-0.2, -0.15) is 0 Å². The van der Waals surface area contributed by atoms with Crippen molar-refractivity contribution in [2.45, 2.75) is 12.6 Å². The van der Waals surface area contributed by atoms with E-state index in [9.17, 15) is 4.79 Å². The smallest absolute Gasteiger partial charge is 0.365 e. The van der Waals surface area contributed by atoms with Crippen molar-refractivity contribution in [3.63, 3.8) is 0 Å². The maximum Gasteiger partial charge on any atom is 0.365 e. The van der Waals surface area contributed by atoms with E-state index in [2.05, 4.69) is 10.3 Å². The van der Waals surface area contributed by atoms with E-state index in [1.807, 2.05) is 0 Å². The van der Waals surface area contributed by atoms with Crippen molar-refractivity contribution in [2.75, 3.05) is 27.4 Å². The third-order valence-corrected chi connectivity index (χ3v) is 2.98. The van der Waals surface area contributed by atoms with E-state index in [4.69, 9.17) is 14.6 Å². The Kier molecular flexibility index (Phi) is 6.06. The Bertz CT molecular complexity index is 356. The van der Waals surface area contributed by atoms with Crippen molar-refractivity contribution < 1.29 is 19.4 Å². The summed E-state index contributed by atoms with van der Waals surface area (Å²) in [6, 6.07) is 0. The summed E-state index contributed by atoms with van der Waals surface area (Å²) >= 11 is 1.13. The second-order valence-corrected chi connectivity index (χ2v) is 4.25. The minimum atomic E-state index is -0.990. The highest BCUT2D eigenvalue weighted by Gasteiger charge is 2.10. The molecule has 0 aliphatic carbocycles. The van der Waals surface area contributed by atoms with Crippen LogP contribution in [0.2, 0.25) is 0 Å². The molecule has 0 aromatic carbocycles. The van der Waals surface area contributed by atoms with Gasteiger partial charge < -0.3 is 19.9 Å². The highest BCUT2D eigenvalue weighted by Crippen LogP contribution is 2.09. The number of carboxylic acids is 1. The fraction of sp³-hybridized carbons (Fsp3) is 0.600. The van der Waals surface area contributed by atoms with Gasteiger partial charge in [0.15, 0.2) is 0 Å². The van der Waals surface area contributed by atoms with E-state index in [0.717, 1.165) is 17.0 Å². The molecule has 2 N–H and O–H groups in total. The van der Waals surface area contributed by atoms with E-state index in [1.54, 1.807) is 19.6 Å². The van der Waals surface area contributed by atoms with Gasteiger partial charge in [0, 0.05) is 32.7 Å². The van der Waals surface area contributed by atoms with Crippen LogP contribution >= 0.6 is 11.3 Å². The molecule has 1 heterocycles. The zero-order valence-electron chi connectivity index (χ0n) is 9.80. The molecule has 1 rings (SSSR count). The molecular formula is C10H16N2O4S. The van der Waals surface area contributed by atoms with Gasteiger partial charge in [-0.05, 0) is 0 Å². The third kappa shape index (κ3) is 4.78. The first-order valence-corrected chi connectivity index (χ1v) is 5.95. The first-order chi connectivity index (χ1) is 8.17. The number of ether oxygens (including phenoxy) is 2. The summed E-state index contributed by atoms with van der Waals surface area (Å²) in [6.07, 6.45) is -0.0161. The number of rotatable bonds is 8. The summed E-state index contributed by atoms with van der Waals surface area (Å²) in [5.41, 5.74) is 0.722. The largest absolute Gasteiger partial charge is 0.476 e. The van der Waals surface area contributed by atoms with Crippen molar-refractivity contribution in [3.8, 4) is 0 Å². The second kappa shape index (κ2) is 7.33. The van der Waals surface area contributed by atoms with Crippen molar-refractivity contribution >= 4 is 17.3 Å². The molecule has 0 aliphatic heterocycles. The molecule has 17 heavy (non-hydrogen) atoms. The number of carbonyl (C=O) groups is 1. The van der Waals surface area contributed by atoms with Crippen molar-refractivity contribution in [1.29, 1.82) is 0 Å². The number of aromatic nitrogens is 1. The normalized spacial score (nSPS) is 12.6. The van der Waals surface area contributed by atoms with E-state index in [-0.39, 0.29) is 11.1 Å². The first kappa shape index (κ1) is 14.0. The Morgan fingerprint density at radius 3 is 2.94 bits per heavy atom.